The molecular weight excluding hydrogens is 279 g/mol. The zero-order valence-corrected chi connectivity index (χ0v) is 11.0. The molecule has 0 radical (unpaired) electrons. The summed E-state index contributed by atoms with van der Waals surface area (Å²) in [6.45, 7) is 1.65. The second-order valence-electron chi connectivity index (χ2n) is 4.32. The Labute approximate surface area is 119 Å². The highest BCUT2D eigenvalue weighted by molar-refractivity contribution is 5.98. The van der Waals surface area contributed by atoms with E-state index in [0.717, 1.165) is 18.2 Å². The number of aryl methyl sites for hydroxylation is 1. The molecule has 0 aliphatic carbocycles. The first kappa shape index (κ1) is 14.6. The number of rotatable bonds is 3. The summed E-state index contributed by atoms with van der Waals surface area (Å²) in [6.07, 6.45) is 0. The highest BCUT2D eigenvalue weighted by Crippen LogP contribution is 2.32. The number of hydrogen-bond donors (Lipinski definition) is 1. The number of nitro benzene ring substituents is 1. The van der Waals surface area contributed by atoms with Crippen LogP contribution >= 0.6 is 0 Å². The molecule has 2 aromatic rings. The van der Waals surface area contributed by atoms with Crippen LogP contribution in [0.15, 0.2) is 36.4 Å². The van der Waals surface area contributed by atoms with Crippen LogP contribution in [0.5, 0.6) is 0 Å². The number of carbonyl (C=O) groups excluding carboxylic acids is 1. The van der Waals surface area contributed by atoms with E-state index in [2.05, 4.69) is 4.84 Å². The number of non-ortho nitro benzene ring substituents is 1. The molecule has 0 aromatic heterocycles. The van der Waals surface area contributed by atoms with Crippen LogP contribution in [-0.2, 0) is 4.84 Å². The van der Waals surface area contributed by atoms with Gasteiger partial charge in [-0.05, 0) is 24.6 Å². The topological polar surface area (TPSA) is 95.5 Å². The predicted octanol–water partition coefficient (Wildman–Crippen LogP) is 2.74. The van der Waals surface area contributed by atoms with Crippen LogP contribution in [-0.4, -0.2) is 10.9 Å². The summed E-state index contributed by atoms with van der Waals surface area (Å²) >= 11 is 0. The average Bonchev–Trinajstić information content (AvgIpc) is 2.47. The Bertz CT molecular complexity index is 731. The van der Waals surface area contributed by atoms with Gasteiger partial charge in [-0.25, -0.2) is 9.18 Å². The van der Waals surface area contributed by atoms with Gasteiger partial charge in [-0.3, -0.25) is 10.1 Å². The fourth-order valence-corrected chi connectivity index (χ4v) is 2.08. The maximum absolute atomic E-state index is 14.0. The lowest BCUT2D eigenvalue weighted by Gasteiger charge is -2.11. The van der Waals surface area contributed by atoms with E-state index in [-0.39, 0.29) is 22.4 Å². The smallest absolute Gasteiger partial charge is 0.357 e. The molecule has 0 unspecified atom stereocenters. The van der Waals surface area contributed by atoms with Crippen molar-refractivity contribution in [1.82, 2.24) is 0 Å². The average molecular weight is 290 g/mol. The summed E-state index contributed by atoms with van der Waals surface area (Å²) in [5, 5.41) is 10.8. The van der Waals surface area contributed by atoms with Gasteiger partial charge in [-0.15, -0.1) is 0 Å². The van der Waals surface area contributed by atoms with Crippen LogP contribution in [0.3, 0.4) is 0 Å². The third kappa shape index (κ3) is 2.72. The maximum Gasteiger partial charge on any atom is 0.357 e. The van der Waals surface area contributed by atoms with Gasteiger partial charge in [0.1, 0.15) is 5.82 Å². The van der Waals surface area contributed by atoms with E-state index in [0.29, 0.717) is 5.56 Å². The summed E-state index contributed by atoms with van der Waals surface area (Å²) in [5.41, 5.74) is 0.493. The minimum atomic E-state index is -0.848. The number of halogens is 1. The summed E-state index contributed by atoms with van der Waals surface area (Å²) in [5.74, 6) is 3.34. The van der Waals surface area contributed by atoms with E-state index >= 15 is 0 Å². The SMILES string of the molecule is Cc1cccc(C(=O)ON)c1-c1cc([N+](=O)[O-])ccc1F. The van der Waals surface area contributed by atoms with Gasteiger partial charge in [0.15, 0.2) is 0 Å². The molecule has 0 aliphatic rings. The first-order chi connectivity index (χ1) is 9.95. The number of hydrogen-bond acceptors (Lipinski definition) is 5. The van der Waals surface area contributed by atoms with Gasteiger partial charge in [0.05, 0.1) is 10.5 Å². The number of nitro groups is 1. The standard InChI is InChI=1S/C14H11FN2O4/c1-8-3-2-4-10(14(18)21-16)13(8)11-7-9(17(19)20)5-6-12(11)15/h2-7H,16H2,1H3. The van der Waals surface area contributed by atoms with Crippen LogP contribution in [0.1, 0.15) is 15.9 Å². The van der Waals surface area contributed by atoms with Gasteiger partial charge in [0, 0.05) is 23.3 Å². The van der Waals surface area contributed by atoms with Crippen LogP contribution in [0.2, 0.25) is 0 Å². The van der Waals surface area contributed by atoms with E-state index in [9.17, 15) is 19.3 Å². The molecule has 0 spiro atoms. The minimum Gasteiger partial charge on any atom is -0.370 e. The lowest BCUT2D eigenvalue weighted by atomic mass is 9.94. The molecule has 0 aliphatic heterocycles. The third-order valence-electron chi connectivity index (χ3n) is 3.03. The highest BCUT2D eigenvalue weighted by atomic mass is 19.1. The molecule has 0 heterocycles. The van der Waals surface area contributed by atoms with Gasteiger partial charge >= 0.3 is 5.97 Å². The lowest BCUT2D eigenvalue weighted by molar-refractivity contribution is -0.384. The van der Waals surface area contributed by atoms with Crippen LogP contribution in [0.25, 0.3) is 11.1 Å². The zero-order valence-electron chi connectivity index (χ0n) is 11.0. The van der Waals surface area contributed by atoms with Gasteiger partial charge in [-0.2, -0.15) is 5.90 Å². The minimum absolute atomic E-state index is 0.0388. The molecular formula is C14H11FN2O4. The molecule has 2 aromatic carbocycles. The molecule has 2 N–H and O–H groups in total. The molecule has 0 saturated carbocycles. The van der Waals surface area contributed by atoms with E-state index in [1.165, 1.54) is 6.07 Å². The van der Waals surface area contributed by atoms with Crippen LogP contribution in [0.4, 0.5) is 10.1 Å². The van der Waals surface area contributed by atoms with Crippen molar-refractivity contribution in [3.63, 3.8) is 0 Å². The van der Waals surface area contributed by atoms with Crippen LogP contribution in [0, 0.1) is 22.9 Å². The second-order valence-corrected chi connectivity index (χ2v) is 4.32. The van der Waals surface area contributed by atoms with Crippen molar-refractivity contribution < 1.29 is 18.9 Å². The van der Waals surface area contributed by atoms with Crippen molar-refractivity contribution in [3.8, 4) is 11.1 Å². The first-order valence-electron chi connectivity index (χ1n) is 5.90. The molecule has 2 rings (SSSR count). The van der Waals surface area contributed by atoms with E-state index in [1.54, 1.807) is 19.1 Å². The Balaban J connectivity index is 2.75. The lowest BCUT2D eigenvalue weighted by Crippen LogP contribution is -2.12. The molecule has 0 bridgehead atoms. The monoisotopic (exact) mass is 290 g/mol. The summed E-state index contributed by atoms with van der Waals surface area (Å²) < 4.78 is 14.0. The van der Waals surface area contributed by atoms with Crippen molar-refractivity contribution in [1.29, 1.82) is 0 Å². The summed E-state index contributed by atoms with van der Waals surface area (Å²) in [7, 11) is 0. The summed E-state index contributed by atoms with van der Waals surface area (Å²) in [4.78, 5) is 26.1. The van der Waals surface area contributed by atoms with E-state index in [1.807, 2.05) is 0 Å². The van der Waals surface area contributed by atoms with Gasteiger partial charge in [0.2, 0.25) is 0 Å². The number of nitrogens with zero attached hydrogens (tertiary/aromatic N) is 1. The van der Waals surface area contributed by atoms with E-state index in [4.69, 9.17) is 5.90 Å². The van der Waals surface area contributed by atoms with Crippen molar-refractivity contribution in [2.45, 2.75) is 6.92 Å². The van der Waals surface area contributed by atoms with Gasteiger partial charge in [-0.1, -0.05) is 12.1 Å². The molecule has 108 valence electrons. The van der Waals surface area contributed by atoms with Gasteiger partial charge < -0.3 is 4.84 Å². The Kier molecular flexibility index (Phi) is 3.95. The Hall–Kier alpha value is -2.80. The fraction of sp³-hybridized carbons (Fsp3) is 0.0714. The Morgan fingerprint density at radius 2 is 2.05 bits per heavy atom. The largest absolute Gasteiger partial charge is 0.370 e. The van der Waals surface area contributed by atoms with Crippen molar-refractivity contribution in [2.75, 3.05) is 0 Å². The number of carbonyl (C=O) groups is 1. The van der Waals surface area contributed by atoms with Crippen LogP contribution < -0.4 is 5.90 Å². The number of benzene rings is 2. The van der Waals surface area contributed by atoms with Crippen molar-refractivity contribution in [2.24, 2.45) is 5.90 Å². The molecule has 6 nitrogen and oxygen atoms in total. The molecule has 7 heteroatoms. The second kappa shape index (κ2) is 5.68. The Morgan fingerprint density at radius 3 is 2.67 bits per heavy atom. The zero-order chi connectivity index (χ0) is 15.6. The van der Waals surface area contributed by atoms with Crippen molar-refractivity contribution in [3.05, 3.63) is 63.5 Å². The first-order valence-corrected chi connectivity index (χ1v) is 5.90. The molecule has 21 heavy (non-hydrogen) atoms. The normalized spacial score (nSPS) is 10.2. The third-order valence-corrected chi connectivity index (χ3v) is 3.03. The molecule has 0 amide bonds. The van der Waals surface area contributed by atoms with Crippen molar-refractivity contribution >= 4 is 11.7 Å². The van der Waals surface area contributed by atoms with E-state index < -0.39 is 16.7 Å². The molecule has 0 fully saturated rings. The molecule has 0 atom stereocenters. The highest BCUT2D eigenvalue weighted by Gasteiger charge is 2.20. The Morgan fingerprint density at radius 1 is 1.33 bits per heavy atom. The number of nitrogens with two attached hydrogens (primary N) is 1. The fourth-order valence-electron chi connectivity index (χ4n) is 2.08. The van der Waals surface area contributed by atoms with Gasteiger partial charge in [0.25, 0.3) is 5.69 Å². The predicted molar refractivity (Wildman–Crippen MR) is 72.8 cm³/mol. The quantitative estimate of drug-likeness (QED) is 0.692. The summed E-state index contributed by atoms with van der Waals surface area (Å²) in [6, 6.07) is 7.76. The maximum atomic E-state index is 14.0. The molecule has 0 saturated heterocycles.